The zero-order valence-electron chi connectivity index (χ0n) is 20.1. The van der Waals surface area contributed by atoms with Crippen molar-refractivity contribution in [2.75, 3.05) is 18.0 Å². The van der Waals surface area contributed by atoms with Gasteiger partial charge in [0.2, 0.25) is 11.8 Å². The highest BCUT2D eigenvalue weighted by atomic mass is 16.2. The van der Waals surface area contributed by atoms with E-state index in [4.69, 9.17) is 0 Å². The molecule has 2 amide bonds. The Labute approximate surface area is 197 Å². The largest absolute Gasteiger partial charge is 0.357 e. The Morgan fingerprint density at radius 3 is 2.48 bits per heavy atom. The molecule has 0 radical (unpaired) electrons. The van der Waals surface area contributed by atoms with Crippen LogP contribution in [-0.2, 0) is 29.1 Å². The highest BCUT2D eigenvalue weighted by molar-refractivity contribution is 5.88. The number of carbonyl (C=O) groups excluding carboxylic acids is 2. The Hall–Kier alpha value is -2.89. The van der Waals surface area contributed by atoms with Crippen LogP contribution < -0.4 is 10.2 Å². The molecule has 6 heteroatoms. The summed E-state index contributed by atoms with van der Waals surface area (Å²) in [5.74, 6) is 1.99. The molecule has 1 aromatic heterocycles. The molecule has 1 atom stereocenters. The number of rotatable bonds is 6. The van der Waals surface area contributed by atoms with E-state index >= 15 is 0 Å². The lowest BCUT2D eigenvalue weighted by Crippen LogP contribution is -2.52. The first-order valence-electron chi connectivity index (χ1n) is 12.2. The summed E-state index contributed by atoms with van der Waals surface area (Å²) in [5, 5.41) is 3.06. The van der Waals surface area contributed by atoms with E-state index in [1.807, 2.05) is 44.3 Å². The van der Waals surface area contributed by atoms with Crippen LogP contribution in [0.25, 0.3) is 0 Å². The number of carbonyl (C=O) groups is 2. The van der Waals surface area contributed by atoms with Gasteiger partial charge in [0, 0.05) is 45.2 Å². The first kappa shape index (κ1) is 23.3. The van der Waals surface area contributed by atoms with Gasteiger partial charge in [-0.1, -0.05) is 51.1 Å². The molecular formula is C27H36N4O2. The number of nitrogens with one attached hydrogen (secondary N) is 1. The van der Waals surface area contributed by atoms with Crippen molar-refractivity contribution in [3.05, 3.63) is 59.3 Å². The second-order valence-corrected chi connectivity index (χ2v) is 10.0. The van der Waals surface area contributed by atoms with Gasteiger partial charge in [-0.2, -0.15) is 0 Å². The van der Waals surface area contributed by atoms with Gasteiger partial charge in [-0.15, -0.1) is 0 Å². The average Bonchev–Trinajstić information content (AvgIpc) is 2.82. The lowest BCUT2D eigenvalue weighted by atomic mass is 9.92. The van der Waals surface area contributed by atoms with Gasteiger partial charge < -0.3 is 15.1 Å². The van der Waals surface area contributed by atoms with E-state index in [-0.39, 0.29) is 17.7 Å². The van der Waals surface area contributed by atoms with Gasteiger partial charge in [0.05, 0.1) is 0 Å². The maximum atomic E-state index is 13.2. The number of hydrogen-bond acceptors (Lipinski definition) is 4. The van der Waals surface area contributed by atoms with Crippen molar-refractivity contribution in [3.63, 3.8) is 0 Å². The molecule has 0 bridgehead atoms. The molecule has 0 spiro atoms. The molecule has 2 aliphatic rings. The molecule has 1 N–H and O–H groups in total. The van der Waals surface area contributed by atoms with Crippen molar-refractivity contribution < 1.29 is 9.59 Å². The number of fused-ring (bicyclic) bond motifs is 1. The van der Waals surface area contributed by atoms with Crippen LogP contribution in [0.15, 0.2) is 42.6 Å². The lowest BCUT2D eigenvalue weighted by molar-refractivity contribution is -0.142. The molecule has 2 aromatic rings. The van der Waals surface area contributed by atoms with Crippen LogP contribution >= 0.6 is 0 Å². The van der Waals surface area contributed by atoms with E-state index in [2.05, 4.69) is 34.3 Å². The maximum Gasteiger partial charge on any atom is 0.243 e. The van der Waals surface area contributed by atoms with Gasteiger partial charge in [0.1, 0.15) is 11.9 Å². The van der Waals surface area contributed by atoms with Crippen molar-refractivity contribution in [3.8, 4) is 0 Å². The zero-order valence-corrected chi connectivity index (χ0v) is 20.1. The highest BCUT2D eigenvalue weighted by Gasteiger charge is 2.34. The molecule has 0 saturated carbocycles. The standard InChI is InChI=1S/C27H36N4O2/c1-19(2)14-26(32)31-18-23-7-5-4-6-22(23)15-24(31)27(33)29-17-21-8-9-25(28-16-21)30-12-10-20(3)11-13-30/h4-9,16,19-20,24H,10-15,17-18H2,1-3H3,(H,29,33). The smallest absolute Gasteiger partial charge is 0.243 e. The predicted octanol–water partition coefficient (Wildman–Crippen LogP) is 3.93. The summed E-state index contributed by atoms with van der Waals surface area (Å²) in [6.07, 6.45) is 5.26. The van der Waals surface area contributed by atoms with Crippen LogP contribution in [0.5, 0.6) is 0 Å². The fourth-order valence-corrected chi connectivity index (χ4v) is 4.74. The number of amides is 2. The first-order chi connectivity index (χ1) is 15.9. The Bertz CT molecular complexity index is 964. The highest BCUT2D eigenvalue weighted by Crippen LogP contribution is 2.25. The van der Waals surface area contributed by atoms with Gasteiger partial charge in [0.15, 0.2) is 0 Å². The molecule has 4 rings (SSSR count). The second kappa shape index (κ2) is 10.4. The van der Waals surface area contributed by atoms with Crippen molar-refractivity contribution in [2.45, 2.75) is 65.6 Å². The molecule has 2 aliphatic heterocycles. The van der Waals surface area contributed by atoms with Gasteiger partial charge in [0.25, 0.3) is 0 Å². The van der Waals surface area contributed by atoms with Crippen molar-refractivity contribution in [1.82, 2.24) is 15.2 Å². The zero-order chi connectivity index (χ0) is 23.4. The van der Waals surface area contributed by atoms with Crippen molar-refractivity contribution >= 4 is 17.6 Å². The first-order valence-corrected chi connectivity index (χ1v) is 12.2. The van der Waals surface area contributed by atoms with E-state index in [9.17, 15) is 9.59 Å². The van der Waals surface area contributed by atoms with Gasteiger partial charge in [-0.3, -0.25) is 9.59 Å². The predicted molar refractivity (Wildman–Crippen MR) is 131 cm³/mol. The van der Waals surface area contributed by atoms with Crippen LogP contribution in [0.2, 0.25) is 0 Å². The summed E-state index contributed by atoms with van der Waals surface area (Å²) in [5.41, 5.74) is 3.24. The van der Waals surface area contributed by atoms with Gasteiger partial charge in [-0.05, 0) is 47.4 Å². The fourth-order valence-electron chi connectivity index (χ4n) is 4.74. The molecule has 1 saturated heterocycles. The third kappa shape index (κ3) is 5.73. The molecule has 1 fully saturated rings. The summed E-state index contributed by atoms with van der Waals surface area (Å²) in [6.45, 7) is 9.37. The third-order valence-corrected chi connectivity index (χ3v) is 6.84. The molecule has 176 valence electrons. The number of aromatic nitrogens is 1. The topological polar surface area (TPSA) is 65.5 Å². The summed E-state index contributed by atoms with van der Waals surface area (Å²) in [6, 6.07) is 11.7. The Kier molecular flexibility index (Phi) is 7.31. The number of pyridine rings is 1. The lowest BCUT2D eigenvalue weighted by Gasteiger charge is -2.36. The molecule has 33 heavy (non-hydrogen) atoms. The third-order valence-electron chi connectivity index (χ3n) is 6.84. The van der Waals surface area contributed by atoms with E-state index in [0.717, 1.165) is 41.5 Å². The van der Waals surface area contributed by atoms with E-state index in [1.54, 1.807) is 4.90 Å². The maximum absolute atomic E-state index is 13.2. The normalized spacial score (nSPS) is 18.8. The molecule has 1 unspecified atom stereocenters. The van der Waals surface area contributed by atoms with Crippen molar-refractivity contribution in [2.24, 2.45) is 11.8 Å². The average molecular weight is 449 g/mol. The van der Waals surface area contributed by atoms with Crippen LogP contribution in [-0.4, -0.2) is 40.8 Å². The van der Waals surface area contributed by atoms with Gasteiger partial charge in [-0.25, -0.2) is 4.98 Å². The monoisotopic (exact) mass is 448 g/mol. The van der Waals surface area contributed by atoms with Crippen LogP contribution in [0.1, 0.15) is 56.7 Å². The van der Waals surface area contributed by atoms with Crippen LogP contribution in [0, 0.1) is 11.8 Å². The minimum atomic E-state index is -0.478. The molecule has 0 aliphatic carbocycles. The van der Waals surface area contributed by atoms with Gasteiger partial charge >= 0.3 is 0 Å². The number of hydrogen-bond donors (Lipinski definition) is 1. The summed E-state index contributed by atoms with van der Waals surface area (Å²) >= 11 is 0. The summed E-state index contributed by atoms with van der Waals surface area (Å²) < 4.78 is 0. The van der Waals surface area contributed by atoms with E-state index < -0.39 is 6.04 Å². The number of anilines is 1. The van der Waals surface area contributed by atoms with E-state index in [0.29, 0.717) is 25.9 Å². The Morgan fingerprint density at radius 2 is 1.82 bits per heavy atom. The summed E-state index contributed by atoms with van der Waals surface area (Å²) in [4.78, 5) is 34.9. The Morgan fingerprint density at radius 1 is 1.09 bits per heavy atom. The number of benzene rings is 1. The fraction of sp³-hybridized carbons (Fsp3) is 0.519. The number of nitrogens with zero attached hydrogens (tertiary/aromatic N) is 3. The SMILES string of the molecule is CC(C)CC(=O)N1Cc2ccccc2CC1C(=O)NCc1ccc(N2CCC(C)CC2)nc1. The molecule has 6 nitrogen and oxygen atoms in total. The minimum absolute atomic E-state index is 0.0431. The minimum Gasteiger partial charge on any atom is -0.357 e. The Balaban J connectivity index is 1.40. The summed E-state index contributed by atoms with van der Waals surface area (Å²) in [7, 11) is 0. The number of piperidine rings is 1. The van der Waals surface area contributed by atoms with Crippen LogP contribution in [0.3, 0.4) is 0 Å². The molecule has 3 heterocycles. The van der Waals surface area contributed by atoms with E-state index in [1.165, 1.54) is 12.8 Å². The molecule has 1 aromatic carbocycles. The van der Waals surface area contributed by atoms with Crippen LogP contribution in [0.4, 0.5) is 5.82 Å². The molecular weight excluding hydrogens is 412 g/mol. The van der Waals surface area contributed by atoms with Crippen molar-refractivity contribution in [1.29, 1.82) is 0 Å². The second-order valence-electron chi connectivity index (χ2n) is 10.0. The quantitative estimate of drug-likeness (QED) is 0.727.